The number of nitrogen functional groups attached to an aromatic ring is 4. The first-order chi connectivity index (χ1) is 69.5. The summed E-state index contributed by atoms with van der Waals surface area (Å²) in [5.41, 5.74) is 34.8. The predicted molar refractivity (Wildman–Crippen MR) is 536 cm³/mol. The molecule has 0 aliphatic carbocycles. The van der Waals surface area contributed by atoms with Crippen molar-refractivity contribution in [3.63, 3.8) is 0 Å². The molecule has 10 aromatic rings. The molecule has 75 heteroatoms. The minimum Gasteiger partial charge on any atom is -0.383 e. The maximum atomic E-state index is 15.2. The number of guanidine groups is 1. The van der Waals surface area contributed by atoms with Crippen molar-refractivity contribution in [2.75, 3.05) is 69.7 Å². The molecular weight excluding hydrogens is 2230 g/mol. The van der Waals surface area contributed by atoms with Crippen molar-refractivity contribution in [3.05, 3.63) is 137 Å². The molecule has 147 heavy (non-hydrogen) atoms. The van der Waals surface area contributed by atoms with Crippen molar-refractivity contribution in [2.24, 2.45) is 16.5 Å². The van der Waals surface area contributed by atoms with Crippen molar-refractivity contribution in [1.29, 1.82) is 0 Å². The van der Waals surface area contributed by atoms with Gasteiger partial charge in [0.05, 0.1) is 77.2 Å². The number of nitrogens with two attached hydrogens (primary N) is 6. The van der Waals surface area contributed by atoms with Gasteiger partial charge in [0.25, 0.3) is 11.1 Å². The Morgan fingerprint density at radius 3 is 0.966 bits per heavy atom. The Bertz CT molecular complexity index is 7380. The largest absolute Gasteiger partial charge is 0.386 e. The van der Waals surface area contributed by atoms with Gasteiger partial charge in [0.1, 0.15) is 170 Å². The molecule has 61 nitrogen and oxygen atoms in total. The van der Waals surface area contributed by atoms with Crippen LogP contribution in [0.15, 0.2) is 91.8 Å². The van der Waals surface area contributed by atoms with Gasteiger partial charge in [-0.15, -0.1) is 0 Å². The molecule has 10 aromatic heterocycles. The number of aromatic nitrogens is 20. The van der Waals surface area contributed by atoms with Gasteiger partial charge in [0.2, 0.25) is 0 Å². The SMILES string of the molecule is CC[C@H]1O[C@@H](n2cc(C)c(=O)[nH]c2=O)CC1OP(=O)(S)OC[C@H]1O[C@@H](n2cc(C)c(N)nc2=O)CC1OP(=O)(S)OC[C@H]1O[C@@H](n2cc(C)c(=O)[nH]c2=O)CC1OP(=O)(S)OC[C@H]1O[C@@H](n2cnc3c(N)ncnc32)CC1OP(=O)(S)OC[C@H]1O[C@@H](n2cnc3c(N)ncnc32)CC1OP(=O)(S)OC[C@H]1O[C@@H](n2cnc3c(N)ncnc32)CC1OP(=O)(S)OC[C@H]1O[C@@H](n2cnc3c2N=C(N)NC3N)CC1OP(=O)(S)OC. The molecule has 0 aromatic carbocycles. The fraction of sp³-hybridized carbons (Fsp3) is 0.569. The first-order valence-corrected chi connectivity index (χ1v) is 63.2. The molecule has 0 amide bonds. The van der Waals surface area contributed by atoms with Crippen molar-refractivity contribution >= 4 is 202 Å². The molecule has 0 bridgehead atoms. The summed E-state index contributed by atoms with van der Waals surface area (Å²) in [5.74, 6) is 0.119. The van der Waals surface area contributed by atoms with E-state index in [0.29, 0.717) is 17.7 Å². The molecule has 18 heterocycles. The molecule has 18 rings (SSSR count). The van der Waals surface area contributed by atoms with Crippen LogP contribution in [0.4, 0.5) is 29.1 Å². The number of ether oxygens (including phenoxy) is 7. The van der Waals surface area contributed by atoms with Crippen LogP contribution in [0.3, 0.4) is 0 Å². The molecule has 0 spiro atoms. The zero-order valence-corrected chi connectivity index (χ0v) is 89.6. The van der Waals surface area contributed by atoms with E-state index in [1.54, 1.807) is 13.8 Å². The summed E-state index contributed by atoms with van der Waals surface area (Å²) in [6, 6.07) is 0. The van der Waals surface area contributed by atoms with Crippen LogP contribution in [-0.4, -0.2) is 235 Å². The average Bonchev–Trinajstić information content (AvgIpc) is 1.62. The second-order valence-corrected chi connectivity index (χ2v) is 54.6. The van der Waals surface area contributed by atoms with E-state index >= 15 is 13.7 Å². The summed E-state index contributed by atoms with van der Waals surface area (Å²) in [4.78, 5) is 120. The van der Waals surface area contributed by atoms with Crippen LogP contribution in [0.1, 0.15) is 130 Å². The molecule has 15 unspecified atom stereocenters. The highest BCUT2D eigenvalue weighted by molar-refractivity contribution is 8.46. The second kappa shape index (κ2) is 44.0. The van der Waals surface area contributed by atoms with Gasteiger partial charge >= 0.3 is 64.7 Å². The van der Waals surface area contributed by atoms with Crippen LogP contribution in [-0.2, 0) is 128 Å². The zero-order chi connectivity index (χ0) is 105. The number of hydrogen-bond donors (Lipinski definition) is 16. The third-order valence-electron chi connectivity index (χ3n) is 24.6. The van der Waals surface area contributed by atoms with Crippen LogP contribution in [0.5, 0.6) is 0 Å². The standard InChI is InChI=1S/C72H97N28O33P7S7/c1-6-33-34(7-47(120-33)95-15-31(3)67(101)92-71(95)104)128-135(107,142)114-18-42-36(8-48(121-42)94-14-30(2)58(73)90-70(94)103)129-136(108,143)116-19-43-37(9-49(122-43)96-16-32(4)68(102)93-72(96)105)130-137(109,144)117-20-44-39(12-51(123-44)98-27-86-55-60(75)80-24-83-64(55)98)132-139(111,146)119-22-46-40(13-52(125-46)99-28-87-56-61(76)81-25-84-65(56)99)133-140(112,147)118-21-45-38(11-50(124-45)97-26-85-54-59(74)79-23-82-63(54)97)131-138(110,145)115-17-41-35(127-134(106,141)113-5)10-53(126-41)100-29-88-57-62(77)89-69(78)91-66(57)100/h14-16,23-29,33-53,62H,6-13,17-22,77H2,1-5H3,(H,106,141)(H,107,142)(H,108,143)(H,109,144)(H,110,145)(H,111,146)(H,112,147)(H2,73,90,103)(H2,74,79,82)(H2,75,80,83)(H2,76,81,84)(H3,78,89,91)(H,92,101,104)(H,93,102,105)/t33-,34?,35?,36?,37?,38?,39?,40?,41-,42-,43-,44-,45-,46-,47-,48-,49-,50-,51-,52-,53-,62?,134?,135?,136?,137?,138?,139?,140?/m1/s1. The van der Waals surface area contributed by atoms with Crippen LogP contribution >= 0.6 is 133 Å². The molecule has 8 aliphatic heterocycles. The molecular formula is C72H97N28O33P7S7. The first-order valence-electron chi connectivity index (χ1n) is 44.3. The lowest BCUT2D eigenvalue weighted by molar-refractivity contribution is -0.0528. The first kappa shape index (κ1) is 109. The minimum absolute atomic E-state index is 0.00718. The Labute approximate surface area is 864 Å². The Morgan fingerprint density at radius 1 is 0.367 bits per heavy atom. The molecule has 15 N–H and O–H groups in total. The maximum absolute atomic E-state index is 15.2. The monoisotopic (exact) mass is 2320 g/mol. The van der Waals surface area contributed by atoms with Crippen molar-refractivity contribution in [3.8, 4) is 0 Å². The number of aryl methyl sites for hydroxylation is 3. The molecule has 29 atom stereocenters. The average molecular weight is 2320 g/mol. The number of imidazole rings is 4. The highest BCUT2D eigenvalue weighted by Gasteiger charge is 2.53. The Kier molecular flexibility index (Phi) is 32.7. The van der Waals surface area contributed by atoms with E-state index in [-0.39, 0.29) is 118 Å². The highest BCUT2D eigenvalue weighted by Crippen LogP contribution is 2.65. The lowest BCUT2D eigenvalue weighted by Crippen LogP contribution is -2.41. The lowest BCUT2D eigenvalue weighted by Gasteiger charge is -2.27. The van der Waals surface area contributed by atoms with E-state index in [1.807, 2.05) is 0 Å². The fourth-order valence-corrected chi connectivity index (χ4v) is 27.6. The third kappa shape index (κ3) is 24.9. The van der Waals surface area contributed by atoms with Crippen LogP contribution in [0.2, 0.25) is 0 Å². The summed E-state index contributed by atoms with van der Waals surface area (Å²) in [6.07, 6.45) is -15.9. The normalized spacial score (nSPS) is 30.3. The topological polar surface area (TPSA) is 787 Å². The quantitative estimate of drug-likeness (QED) is 0.0141. The summed E-state index contributed by atoms with van der Waals surface area (Å²) in [5, 5.41) is 2.78. The fourth-order valence-electron chi connectivity index (χ4n) is 17.5. The summed E-state index contributed by atoms with van der Waals surface area (Å²) >= 11 is 30.3. The van der Waals surface area contributed by atoms with E-state index in [1.165, 1.54) is 88.7 Å². The van der Waals surface area contributed by atoms with Gasteiger partial charge in [-0.2, -0.15) is 9.98 Å². The van der Waals surface area contributed by atoms with Gasteiger partial charge in [-0.3, -0.25) is 110 Å². The Morgan fingerprint density at radius 2 is 0.646 bits per heavy atom. The number of aromatic amines is 2. The van der Waals surface area contributed by atoms with Gasteiger partial charge in [-0.05, 0) is 27.2 Å². The number of aliphatic imine (C=N–C) groups is 1. The highest BCUT2D eigenvalue weighted by atomic mass is 32.7. The van der Waals surface area contributed by atoms with Gasteiger partial charge in [0.15, 0.2) is 46.2 Å². The lowest BCUT2D eigenvalue weighted by atomic mass is 10.1. The number of rotatable bonds is 41. The number of nitrogens with zero attached hydrogens (tertiary/aromatic N) is 19. The van der Waals surface area contributed by atoms with Crippen LogP contribution < -0.4 is 67.9 Å². The summed E-state index contributed by atoms with van der Waals surface area (Å²) < 4.78 is 240. The number of H-pyrrole nitrogens is 2. The summed E-state index contributed by atoms with van der Waals surface area (Å²) in [6.45, 7) is -30.7. The van der Waals surface area contributed by atoms with Crippen molar-refractivity contribution in [1.82, 2.24) is 102 Å². The van der Waals surface area contributed by atoms with Gasteiger partial charge in [0, 0.05) is 87.3 Å². The molecule has 7 fully saturated rings. The Balaban J connectivity index is 0.560. The molecule has 0 saturated carbocycles. The zero-order valence-electron chi connectivity index (χ0n) is 77.1. The van der Waals surface area contributed by atoms with E-state index in [2.05, 4.69) is 161 Å². The number of nitrogens with one attached hydrogen (secondary N) is 3. The van der Waals surface area contributed by atoms with E-state index in [0.717, 1.165) is 27.1 Å². The van der Waals surface area contributed by atoms with Gasteiger partial charge < -0.3 is 77.4 Å². The number of hydrogen-bond acceptors (Lipinski definition) is 52. The van der Waals surface area contributed by atoms with Crippen LogP contribution in [0, 0.1) is 20.8 Å². The van der Waals surface area contributed by atoms with Crippen molar-refractivity contribution < 1.29 is 128 Å². The minimum atomic E-state index is -4.88. The van der Waals surface area contributed by atoms with E-state index in [9.17, 15) is 42.2 Å². The number of anilines is 4. The van der Waals surface area contributed by atoms with E-state index in [4.69, 9.17) is 131 Å². The van der Waals surface area contributed by atoms with Gasteiger partial charge in [-0.25, -0.2) is 96.2 Å². The number of thiol groups is 7. The van der Waals surface area contributed by atoms with Crippen LogP contribution in [0.25, 0.3) is 33.5 Å². The second-order valence-electron chi connectivity index (χ2n) is 34.4. The van der Waals surface area contributed by atoms with Gasteiger partial charge in [-0.1, -0.05) is 92.7 Å². The van der Waals surface area contributed by atoms with E-state index < -0.39 is 257 Å². The smallest absolute Gasteiger partial charge is 0.383 e. The molecule has 8 aliphatic rings. The number of fused-ring (bicyclic) bond motifs is 4. The molecule has 800 valence electrons. The maximum Gasteiger partial charge on any atom is 0.386 e. The molecule has 0 radical (unpaired) electrons. The Hall–Kier alpha value is -7.25. The molecule has 7 saturated heterocycles. The predicted octanol–water partition coefficient (Wildman–Crippen LogP) is 6.65. The summed E-state index contributed by atoms with van der Waals surface area (Å²) in [7, 11) is 1.12. The van der Waals surface area contributed by atoms with Crippen molar-refractivity contribution in [2.45, 2.75) is 214 Å². The third-order valence-corrected chi connectivity index (χ3v) is 36.2.